The van der Waals surface area contributed by atoms with E-state index in [-0.39, 0.29) is 46.6 Å². The Morgan fingerprint density at radius 3 is 2.29 bits per heavy atom. The summed E-state index contributed by atoms with van der Waals surface area (Å²) in [6, 6.07) is 8.58. The minimum Gasteiger partial charge on any atom is -0.475 e. The molecule has 2 aromatic carbocycles. The first kappa shape index (κ1) is 37.6. The quantitative estimate of drug-likeness (QED) is 0.197. The summed E-state index contributed by atoms with van der Waals surface area (Å²) >= 11 is 12.6. The minimum atomic E-state index is -5.08. The summed E-state index contributed by atoms with van der Waals surface area (Å²) in [7, 11) is 0. The van der Waals surface area contributed by atoms with Crippen molar-refractivity contribution in [1.29, 1.82) is 0 Å². The largest absolute Gasteiger partial charge is 0.490 e. The van der Waals surface area contributed by atoms with E-state index in [4.69, 9.17) is 43.6 Å². The highest BCUT2D eigenvalue weighted by atomic mass is 35.5. The smallest absolute Gasteiger partial charge is 0.475 e. The average molecular weight is 719 g/mol. The molecule has 0 radical (unpaired) electrons. The van der Waals surface area contributed by atoms with Crippen molar-refractivity contribution in [2.45, 2.75) is 88.6 Å². The van der Waals surface area contributed by atoms with Crippen LogP contribution in [0.25, 0.3) is 0 Å². The highest BCUT2D eigenvalue weighted by molar-refractivity contribution is 6.31. The zero-order valence-corrected chi connectivity index (χ0v) is 28.2. The van der Waals surface area contributed by atoms with Gasteiger partial charge in [-0.25, -0.2) is 9.18 Å². The number of carbonyl (C=O) groups excluding carboxylic acids is 3. The Morgan fingerprint density at radius 2 is 1.73 bits per heavy atom. The molecule has 1 amide bonds. The number of esters is 1. The van der Waals surface area contributed by atoms with Gasteiger partial charge < -0.3 is 26.2 Å². The van der Waals surface area contributed by atoms with Gasteiger partial charge in [0.15, 0.2) is 5.78 Å². The van der Waals surface area contributed by atoms with E-state index in [1.54, 1.807) is 30.3 Å². The number of amides is 1. The predicted octanol–water partition coefficient (Wildman–Crippen LogP) is 6.15. The fraction of sp³-hybridized carbons (Fsp3) is 0.515. The molecule has 2 aromatic rings. The highest BCUT2D eigenvalue weighted by Crippen LogP contribution is 2.57. The molecule has 0 aromatic heterocycles. The first-order valence-electron chi connectivity index (χ1n) is 15.2. The number of aliphatic carboxylic acids is 1. The van der Waals surface area contributed by atoms with Crippen molar-refractivity contribution in [3.63, 3.8) is 0 Å². The van der Waals surface area contributed by atoms with Crippen LogP contribution < -0.4 is 16.4 Å². The third kappa shape index (κ3) is 7.49. The Labute approximate surface area is 284 Å². The van der Waals surface area contributed by atoms with E-state index in [1.165, 1.54) is 6.07 Å². The number of halogens is 6. The summed E-state index contributed by atoms with van der Waals surface area (Å²) in [5.74, 6) is -5.21. The van der Waals surface area contributed by atoms with Crippen LogP contribution in [0, 0.1) is 17.2 Å². The molecule has 15 heteroatoms. The van der Waals surface area contributed by atoms with Gasteiger partial charge in [-0.1, -0.05) is 62.2 Å². The number of fused-ring (bicyclic) bond motifs is 2. The van der Waals surface area contributed by atoms with Crippen molar-refractivity contribution in [2.75, 3.05) is 11.9 Å². The van der Waals surface area contributed by atoms with E-state index < -0.39 is 52.9 Å². The monoisotopic (exact) mass is 717 g/mol. The number of ether oxygens (including phenoxy) is 1. The Kier molecular flexibility index (Phi) is 10.6. The van der Waals surface area contributed by atoms with Crippen molar-refractivity contribution in [2.24, 2.45) is 17.1 Å². The molecule has 1 saturated carbocycles. The number of hydrogen-bond acceptors (Lipinski definition) is 7. The molecule has 1 spiro atoms. The standard InChI is InChI=1S/C31H36Cl2FN3O4.C2HF3O2/c1-29(2,3)14-23-31(19-9-8-17(32)11-21(19)36-28(31)40)25(18-6-5-7-20(33)26(18)34)27(37-23)22(38)10-16-12-30(4,13-16)41-24(39)15-35;3-2(4,5)1(6)7/h5-9,11,16,23,25,27,37H,10,12-15,35H2,1-4H3,(H,36,40);(H,6,7)/t16?,23-,25+,27+,30?,31+;/m1./s1. The number of rotatable bonds is 7. The molecule has 5 N–H and O–H groups in total. The Balaban J connectivity index is 0.000000671. The van der Waals surface area contributed by atoms with E-state index in [0.717, 1.165) is 0 Å². The summed E-state index contributed by atoms with van der Waals surface area (Å²) in [5.41, 5.74) is 4.67. The molecule has 2 heterocycles. The molecule has 2 aliphatic heterocycles. The molecule has 1 saturated heterocycles. The number of hydrogen-bond donors (Lipinski definition) is 4. The van der Waals surface area contributed by atoms with Crippen LogP contribution in [0.4, 0.5) is 23.2 Å². The summed E-state index contributed by atoms with van der Waals surface area (Å²) in [6.45, 7) is 7.84. The van der Waals surface area contributed by atoms with Gasteiger partial charge in [-0.15, -0.1) is 0 Å². The molecule has 4 atom stereocenters. The summed E-state index contributed by atoms with van der Waals surface area (Å²) in [5, 5.41) is 14.0. The van der Waals surface area contributed by atoms with Crippen molar-refractivity contribution >= 4 is 52.5 Å². The molecule has 0 bridgehead atoms. The maximum Gasteiger partial charge on any atom is 0.490 e. The van der Waals surface area contributed by atoms with E-state index >= 15 is 4.39 Å². The van der Waals surface area contributed by atoms with Crippen molar-refractivity contribution in [3.05, 3.63) is 63.4 Å². The SMILES string of the molecule is CC(C)(C)C[C@H]1N[C@@H](C(=O)CC2CC(C)(OC(=O)CN)C2)[C@H](c2cccc(Cl)c2F)[C@@]12C(=O)Nc1cc(Cl)ccc12.O=C(O)C(F)(F)F. The average Bonchev–Trinajstić information content (AvgIpc) is 3.42. The van der Waals surface area contributed by atoms with E-state index in [9.17, 15) is 27.6 Å². The topological polar surface area (TPSA) is 148 Å². The molecule has 3 aliphatic rings. The van der Waals surface area contributed by atoms with Crippen LogP contribution in [-0.2, 0) is 29.3 Å². The molecule has 0 unspecified atom stereocenters. The fourth-order valence-corrected chi connectivity index (χ4v) is 7.68. The van der Waals surface area contributed by atoms with Crippen LogP contribution in [0.1, 0.15) is 70.4 Å². The third-order valence-electron chi connectivity index (χ3n) is 8.99. The lowest BCUT2D eigenvalue weighted by Gasteiger charge is -2.44. The molecule has 262 valence electrons. The molecule has 5 rings (SSSR count). The second-order valence-electron chi connectivity index (χ2n) is 14.0. The zero-order chi connectivity index (χ0) is 36.0. The Hall–Kier alpha value is -3.26. The van der Waals surface area contributed by atoms with Crippen LogP contribution in [-0.4, -0.2) is 59.1 Å². The van der Waals surface area contributed by atoms with Crippen LogP contribution in [0.2, 0.25) is 10.0 Å². The van der Waals surface area contributed by atoms with Gasteiger partial charge in [0.05, 0.1) is 17.6 Å². The molecular weight excluding hydrogens is 681 g/mol. The second kappa shape index (κ2) is 13.6. The van der Waals surface area contributed by atoms with Gasteiger partial charge in [-0.05, 0) is 66.8 Å². The normalized spacial score (nSPS) is 27.8. The van der Waals surface area contributed by atoms with Gasteiger partial charge in [0.1, 0.15) is 16.8 Å². The summed E-state index contributed by atoms with van der Waals surface area (Å²) in [4.78, 5) is 49.0. The van der Waals surface area contributed by atoms with Crippen LogP contribution in [0.15, 0.2) is 36.4 Å². The fourth-order valence-electron chi connectivity index (χ4n) is 7.32. The number of ketones is 1. The molecule has 48 heavy (non-hydrogen) atoms. The summed E-state index contributed by atoms with van der Waals surface area (Å²) < 4.78 is 53.1. The van der Waals surface area contributed by atoms with Gasteiger partial charge in [0, 0.05) is 29.1 Å². The first-order valence-corrected chi connectivity index (χ1v) is 15.9. The van der Waals surface area contributed by atoms with Gasteiger partial charge in [-0.2, -0.15) is 13.2 Å². The second-order valence-corrected chi connectivity index (χ2v) is 14.8. The number of nitrogens with two attached hydrogens (primary N) is 1. The number of carboxylic acids is 1. The third-order valence-corrected chi connectivity index (χ3v) is 9.51. The molecule has 1 aliphatic carbocycles. The van der Waals surface area contributed by atoms with Crippen molar-refractivity contribution < 1.29 is 46.6 Å². The highest BCUT2D eigenvalue weighted by Gasteiger charge is 2.66. The number of carboxylic acid groups (broad SMARTS) is 1. The number of nitrogens with one attached hydrogen (secondary N) is 2. The van der Waals surface area contributed by atoms with Gasteiger partial charge in [0.25, 0.3) is 0 Å². The van der Waals surface area contributed by atoms with E-state index in [1.807, 2.05) is 6.92 Å². The van der Waals surface area contributed by atoms with Gasteiger partial charge in [0.2, 0.25) is 5.91 Å². The summed E-state index contributed by atoms with van der Waals surface area (Å²) in [6.07, 6.45) is -3.31. The maximum atomic E-state index is 15.9. The van der Waals surface area contributed by atoms with Crippen LogP contribution in [0.5, 0.6) is 0 Å². The predicted molar refractivity (Wildman–Crippen MR) is 170 cm³/mol. The lowest BCUT2D eigenvalue weighted by Crippen LogP contribution is -2.49. The molecule has 9 nitrogen and oxygen atoms in total. The van der Waals surface area contributed by atoms with Crippen molar-refractivity contribution in [3.8, 4) is 0 Å². The Bertz CT molecular complexity index is 1610. The lowest BCUT2D eigenvalue weighted by molar-refractivity contribution is -0.192. The molecular formula is C33H37Cl2F4N3O6. The maximum absolute atomic E-state index is 15.9. The van der Waals surface area contributed by atoms with Gasteiger partial charge >= 0.3 is 18.1 Å². The van der Waals surface area contributed by atoms with Crippen LogP contribution in [0.3, 0.4) is 0 Å². The number of benzene rings is 2. The lowest BCUT2D eigenvalue weighted by atomic mass is 9.61. The first-order chi connectivity index (χ1) is 22.1. The van der Waals surface area contributed by atoms with Crippen LogP contribution >= 0.6 is 23.2 Å². The molecule has 2 fully saturated rings. The van der Waals surface area contributed by atoms with E-state index in [0.29, 0.717) is 35.5 Å². The Morgan fingerprint density at radius 1 is 1.10 bits per heavy atom. The van der Waals surface area contributed by atoms with Crippen molar-refractivity contribution in [1.82, 2.24) is 5.32 Å². The number of Topliss-reactive ketones (excluding diaryl/α,β-unsaturated/α-hetero) is 1. The zero-order valence-electron chi connectivity index (χ0n) is 26.6. The van der Waals surface area contributed by atoms with E-state index in [2.05, 4.69) is 31.4 Å². The minimum absolute atomic E-state index is 0.0224. The van der Waals surface area contributed by atoms with Gasteiger partial charge in [-0.3, -0.25) is 14.4 Å². The number of carbonyl (C=O) groups is 4. The number of alkyl halides is 3. The number of anilines is 1.